The Hall–Kier alpha value is -4.23. The van der Waals surface area contributed by atoms with Crippen LogP contribution in [0.4, 0.5) is 42.9 Å². The third-order valence-corrected chi connectivity index (χ3v) is 9.26. The van der Waals surface area contributed by atoms with E-state index < -0.39 is 42.3 Å². The minimum atomic E-state index is -4.96. The van der Waals surface area contributed by atoms with E-state index in [1.807, 2.05) is 30.3 Å². The summed E-state index contributed by atoms with van der Waals surface area (Å²) >= 11 is 0. The molecule has 8 nitrogen and oxygen atoms in total. The van der Waals surface area contributed by atoms with E-state index >= 15 is 0 Å². The Labute approximate surface area is 261 Å². The number of benzene rings is 2. The van der Waals surface area contributed by atoms with Crippen molar-refractivity contribution in [2.24, 2.45) is 23.2 Å². The van der Waals surface area contributed by atoms with Crippen molar-refractivity contribution in [2.45, 2.75) is 63.8 Å². The first kappa shape index (κ1) is 31.7. The molecule has 1 unspecified atom stereocenters. The normalized spacial score (nSPS) is 25.2. The van der Waals surface area contributed by atoms with Gasteiger partial charge in [0.1, 0.15) is 23.7 Å². The van der Waals surface area contributed by atoms with E-state index in [0.29, 0.717) is 18.7 Å². The van der Waals surface area contributed by atoms with E-state index in [1.165, 1.54) is 18.2 Å². The quantitative estimate of drug-likeness (QED) is 0.195. The molecule has 46 heavy (non-hydrogen) atoms. The highest BCUT2D eigenvalue weighted by molar-refractivity contribution is 5.67. The summed E-state index contributed by atoms with van der Waals surface area (Å²) in [7, 11) is 0. The largest absolute Gasteiger partial charge is 0.573 e. The first-order chi connectivity index (χ1) is 21.9. The zero-order valence-electron chi connectivity index (χ0n) is 24.6. The van der Waals surface area contributed by atoms with Crippen molar-refractivity contribution in [3.63, 3.8) is 0 Å². The van der Waals surface area contributed by atoms with Gasteiger partial charge in [-0.2, -0.15) is 18.2 Å². The number of anilines is 2. The van der Waals surface area contributed by atoms with Crippen LogP contribution < -0.4 is 20.7 Å². The molecule has 2 aromatic carbocycles. The van der Waals surface area contributed by atoms with Crippen molar-refractivity contribution in [1.29, 1.82) is 0 Å². The van der Waals surface area contributed by atoms with Crippen molar-refractivity contribution in [1.82, 2.24) is 15.3 Å². The monoisotopic (exact) mass is 649 g/mol. The average Bonchev–Trinajstić information content (AvgIpc) is 2.99. The van der Waals surface area contributed by atoms with Crippen molar-refractivity contribution < 1.29 is 40.6 Å². The fourth-order valence-corrected chi connectivity index (χ4v) is 7.67. The number of nitrogens with zero attached hydrogens (tertiary/aromatic N) is 2. The van der Waals surface area contributed by atoms with Gasteiger partial charge in [0.25, 0.3) is 0 Å². The number of alkyl halides is 6. The Balaban J connectivity index is 1.10. The average molecular weight is 650 g/mol. The molecule has 0 saturated heterocycles. The maximum atomic E-state index is 13.8. The lowest BCUT2D eigenvalue weighted by atomic mass is 9.48. The number of halogens is 6. The van der Waals surface area contributed by atoms with E-state index in [-0.39, 0.29) is 41.4 Å². The second-order valence-corrected chi connectivity index (χ2v) is 12.5. The van der Waals surface area contributed by atoms with Crippen LogP contribution in [0.3, 0.4) is 0 Å². The second-order valence-electron chi connectivity index (χ2n) is 12.5. The highest BCUT2D eigenvalue weighted by Crippen LogP contribution is 2.60. The molecule has 14 heteroatoms. The van der Waals surface area contributed by atoms with Crippen LogP contribution >= 0.6 is 0 Å². The standard InChI is InChI=1S/C32H33F6N5O3/c33-31(34,35)24-16-40-28(43-27(24)39-15-21-8-4-5-9-25(21)46-32(36,37)38)41-18-30-12-20-10-22(13-30)26(23(11-20)14-30)42-29(44)45-17-19-6-2-1-3-7-19/h1-9,16,20,22-23,26H,10-15,17-18H2,(H,42,44)(H2,39,40,41,43)/t20?,22-,23+,26-,30-. The molecule has 246 valence electrons. The molecular weight excluding hydrogens is 616 g/mol. The minimum Gasteiger partial charge on any atom is -0.445 e. The Morgan fingerprint density at radius 2 is 1.61 bits per heavy atom. The SMILES string of the molecule is O=C(N[C@@H]1[C@@H]2CC3C[C@H]1C[C@@](CNc1ncc(C(F)(F)F)c(NCc4ccccc4OC(F)(F)F)n1)(C3)C2)OCc1ccccc1. The number of nitrogens with one attached hydrogen (secondary N) is 3. The van der Waals surface area contributed by atoms with Gasteiger partial charge in [-0.25, -0.2) is 9.78 Å². The highest BCUT2D eigenvalue weighted by Gasteiger charge is 2.55. The number of rotatable bonds is 10. The third kappa shape index (κ3) is 7.42. The van der Waals surface area contributed by atoms with Crippen molar-refractivity contribution in [3.05, 3.63) is 77.5 Å². The zero-order valence-corrected chi connectivity index (χ0v) is 24.6. The first-order valence-corrected chi connectivity index (χ1v) is 15.1. The van der Waals surface area contributed by atoms with Gasteiger partial charge >= 0.3 is 18.6 Å². The number of hydrogen-bond donors (Lipinski definition) is 3. The summed E-state index contributed by atoms with van der Waals surface area (Å²) in [4.78, 5) is 20.6. The molecule has 5 atom stereocenters. The summed E-state index contributed by atoms with van der Waals surface area (Å²) in [5.41, 5.74) is -0.371. The maximum absolute atomic E-state index is 13.8. The summed E-state index contributed by atoms with van der Waals surface area (Å²) in [6, 6.07) is 14.6. The lowest BCUT2D eigenvalue weighted by Crippen LogP contribution is -2.60. The summed E-state index contributed by atoms with van der Waals surface area (Å²) in [5, 5.41) is 8.77. The van der Waals surface area contributed by atoms with Gasteiger partial charge in [-0.05, 0) is 66.9 Å². The predicted molar refractivity (Wildman–Crippen MR) is 156 cm³/mol. The fraction of sp³-hybridized carbons (Fsp3) is 0.469. The van der Waals surface area contributed by atoms with Crippen LogP contribution in [-0.4, -0.2) is 35.0 Å². The van der Waals surface area contributed by atoms with Gasteiger partial charge < -0.3 is 25.4 Å². The van der Waals surface area contributed by atoms with Crippen LogP contribution in [0.25, 0.3) is 0 Å². The first-order valence-electron chi connectivity index (χ1n) is 15.1. The van der Waals surface area contributed by atoms with Crippen LogP contribution in [0.15, 0.2) is 60.8 Å². The Morgan fingerprint density at radius 3 is 2.30 bits per heavy atom. The molecule has 4 aliphatic carbocycles. The zero-order chi connectivity index (χ0) is 32.5. The van der Waals surface area contributed by atoms with Gasteiger partial charge in [0, 0.05) is 30.9 Å². The predicted octanol–water partition coefficient (Wildman–Crippen LogP) is 7.54. The summed E-state index contributed by atoms with van der Waals surface area (Å²) in [5.74, 6) is -0.116. The molecule has 4 saturated carbocycles. The molecule has 4 fully saturated rings. The van der Waals surface area contributed by atoms with Gasteiger partial charge in [-0.15, -0.1) is 13.2 Å². The van der Waals surface area contributed by atoms with Crippen molar-refractivity contribution in [3.8, 4) is 5.75 Å². The van der Waals surface area contributed by atoms with Crippen LogP contribution in [0.5, 0.6) is 5.75 Å². The molecule has 3 N–H and O–H groups in total. The molecule has 1 amide bonds. The molecule has 0 radical (unpaired) electrons. The van der Waals surface area contributed by atoms with Gasteiger partial charge in [-0.3, -0.25) is 0 Å². The molecule has 1 heterocycles. The summed E-state index contributed by atoms with van der Waals surface area (Å²) in [6.45, 7) is 0.223. The van der Waals surface area contributed by atoms with Crippen molar-refractivity contribution >= 4 is 17.9 Å². The number of hydrogen-bond acceptors (Lipinski definition) is 7. The molecule has 7 rings (SSSR count). The molecule has 3 aromatic rings. The number of carbonyl (C=O) groups is 1. The number of amides is 1. The molecule has 0 spiro atoms. The topological polar surface area (TPSA) is 97.4 Å². The fourth-order valence-electron chi connectivity index (χ4n) is 7.67. The number of ether oxygens (including phenoxy) is 2. The Morgan fingerprint density at radius 1 is 0.913 bits per heavy atom. The van der Waals surface area contributed by atoms with Crippen LogP contribution in [0, 0.1) is 23.2 Å². The number of aromatic nitrogens is 2. The summed E-state index contributed by atoms with van der Waals surface area (Å²) in [6.07, 6.45) is -4.93. The maximum Gasteiger partial charge on any atom is 0.573 e. The van der Waals surface area contributed by atoms with Gasteiger partial charge in [0.05, 0.1) is 0 Å². The van der Waals surface area contributed by atoms with Crippen LogP contribution in [0.2, 0.25) is 0 Å². The van der Waals surface area contributed by atoms with Crippen LogP contribution in [0.1, 0.15) is 48.8 Å². The molecular formula is C32H33F6N5O3. The lowest BCUT2D eigenvalue weighted by Gasteiger charge is -2.60. The minimum absolute atomic E-state index is 0.00162. The Kier molecular flexibility index (Phi) is 8.64. The van der Waals surface area contributed by atoms with Gasteiger partial charge in [0.15, 0.2) is 0 Å². The van der Waals surface area contributed by atoms with E-state index in [9.17, 15) is 31.1 Å². The third-order valence-electron chi connectivity index (χ3n) is 9.26. The molecule has 0 aliphatic heterocycles. The van der Waals surface area contributed by atoms with Crippen molar-refractivity contribution in [2.75, 3.05) is 17.2 Å². The molecule has 1 aromatic heterocycles. The van der Waals surface area contributed by atoms with Gasteiger partial charge in [0.2, 0.25) is 5.95 Å². The molecule has 4 bridgehead atoms. The highest BCUT2D eigenvalue weighted by atomic mass is 19.4. The second kappa shape index (κ2) is 12.5. The molecule has 4 aliphatic rings. The number of alkyl carbamates (subject to hydrolysis) is 1. The van der Waals surface area contributed by atoms with E-state index in [2.05, 4.69) is 30.7 Å². The smallest absolute Gasteiger partial charge is 0.445 e. The van der Waals surface area contributed by atoms with E-state index in [0.717, 1.165) is 43.7 Å². The van der Waals surface area contributed by atoms with E-state index in [1.54, 1.807) is 0 Å². The lowest BCUT2D eigenvalue weighted by molar-refractivity contribution is -0.274. The number of carbonyl (C=O) groups excluding carboxylic acids is 1. The summed E-state index contributed by atoms with van der Waals surface area (Å²) < 4.78 is 89.4. The Bertz CT molecular complexity index is 1520. The van der Waals surface area contributed by atoms with Crippen LogP contribution in [-0.2, 0) is 24.1 Å². The number of para-hydroxylation sites is 1. The van der Waals surface area contributed by atoms with Gasteiger partial charge in [-0.1, -0.05) is 48.5 Å². The van der Waals surface area contributed by atoms with E-state index in [4.69, 9.17) is 4.74 Å².